The third-order valence-corrected chi connectivity index (χ3v) is 9.85. The molecule has 6 rings (SSSR count). The number of hydrogen-bond donors (Lipinski definition) is 0. The molecule has 2 atom stereocenters. The number of allylic oxidation sites excluding steroid dienone is 1. The lowest BCUT2D eigenvalue weighted by Gasteiger charge is -2.32. The molecule has 3 aliphatic rings. The molecule has 0 aliphatic carbocycles. The van der Waals surface area contributed by atoms with E-state index in [-0.39, 0.29) is 19.0 Å². The van der Waals surface area contributed by atoms with Crippen LogP contribution in [0.3, 0.4) is 0 Å². The normalized spacial score (nSPS) is 24.2. The monoisotopic (exact) mass is 603 g/mol. The van der Waals surface area contributed by atoms with Gasteiger partial charge in [-0.05, 0) is 113 Å². The molecule has 236 valence electrons. The van der Waals surface area contributed by atoms with Gasteiger partial charge >= 0.3 is 7.12 Å². The summed E-state index contributed by atoms with van der Waals surface area (Å²) in [6, 6.07) is 15.0. The number of nitrogens with zero attached hydrogens (tertiary/aromatic N) is 3. The van der Waals surface area contributed by atoms with Crippen molar-refractivity contribution >= 4 is 29.1 Å². The number of aromatic nitrogens is 2. The minimum absolute atomic E-state index is 0.0143. The van der Waals surface area contributed by atoms with Gasteiger partial charge in [-0.1, -0.05) is 25.1 Å². The zero-order valence-electron chi connectivity index (χ0n) is 27.0. The first-order valence-corrected chi connectivity index (χ1v) is 16.4. The van der Waals surface area contributed by atoms with Crippen LogP contribution in [-0.4, -0.2) is 72.0 Å². The summed E-state index contributed by atoms with van der Waals surface area (Å²) in [4.78, 5) is 2.29. The SMILES string of the molecule is CC/C(=C(/B1OC(C)(C)C(C)(C)O1)c1ccc2c(cnn2C2CCCCO2)c1)c1ccc(OC2CCN(CCCF)C2)cc1. The Balaban J connectivity index is 1.32. The van der Waals surface area contributed by atoms with Crippen LogP contribution in [0.2, 0.25) is 0 Å². The maximum absolute atomic E-state index is 12.6. The lowest BCUT2D eigenvalue weighted by Crippen LogP contribution is -2.41. The molecule has 4 heterocycles. The van der Waals surface area contributed by atoms with Crippen molar-refractivity contribution in [1.82, 2.24) is 14.7 Å². The average molecular weight is 604 g/mol. The molecule has 0 saturated carbocycles. The van der Waals surface area contributed by atoms with Crippen LogP contribution in [0, 0.1) is 0 Å². The average Bonchev–Trinajstić information content (AvgIpc) is 3.70. The summed E-state index contributed by atoms with van der Waals surface area (Å²) in [6.07, 6.45) is 7.66. The van der Waals surface area contributed by atoms with E-state index >= 15 is 0 Å². The van der Waals surface area contributed by atoms with Crippen molar-refractivity contribution in [3.8, 4) is 5.75 Å². The first kappa shape index (κ1) is 31.3. The fraction of sp³-hybridized carbons (Fsp3) is 0.571. The maximum Gasteiger partial charge on any atom is 0.495 e. The number of rotatable bonds is 10. The first-order valence-electron chi connectivity index (χ1n) is 16.4. The third-order valence-electron chi connectivity index (χ3n) is 9.85. The van der Waals surface area contributed by atoms with Gasteiger partial charge in [0.1, 0.15) is 11.9 Å². The lowest BCUT2D eigenvalue weighted by atomic mass is 9.69. The zero-order valence-corrected chi connectivity index (χ0v) is 27.0. The fourth-order valence-corrected chi connectivity index (χ4v) is 6.64. The van der Waals surface area contributed by atoms with Gasteiger partial charge in [-0.25, -0.2) is 4.68 Å². The molecular weight excluding hydrogens is 556 g/mol. The molecule has 9 heteroatoms. The summed E-state index contributed by atoms with van der Waals surface area (Å²) in [5.74, 6) is 0.859. The van der Waals surface area contributed by atoms with E-state index in [9.17, 15) is 4.39 Å². The van der Waals surface area contributed by atoms with Crippen molar-refractivity contribution in [2.24, 2.45) is 0 Å². The van der Waals surface area contributed by atoms with Crippen LogP contribution < -0.4 is 4.74 Å². The Bertz CT molecular complexity index is 1450. The molecular formula is C35H47BFN3O4. The number of likely N-dealkylation sites (tertiary alicyclic amines) is 1. The topological polar surface area (TPSA) is 58.0 Å². The summed E-state index contributed by atoms with van der Waals surface area (Å²) in [5, 5.41) is 5.81. The van der Waals surface area contributed by atoms with Crippen molar-refractivity contribution < 1.29 is 23.2 Å². The Kier molecular flexibility index (Phi) is 9.21. The van der Waals surface area contributed by atoms with Crippen LogP contribution in [0.25, 0.3) is 21.9 Å². The van der Waals surface area contributed by atoms with Crippen LogP contribution in [0.1, 0.15) is 90.5 Å². The van der Waals surface area contributed by atoms with Gasteiger partial charge in [0.25, 0.3) is 0 Å². The van der Waals surface area contributed by atoms with Crippen LogP contribution in [-0.2, 0) is 14.0 Å². The number of ether oxygens (including phenoxy) is 2. The number of alkyl halides is 1. The molecule has 2 unspecified atom stereocenters. The summed E-state index contributed by atoms with van der Waals surface area (Å²) < 4.78 is 40.4. The minimum Gasteiger partial charge on any atom is -0.489 e. The smallest absolute Gasteiger partial charge is 0.489 e. The lowest BCUT2D eigenvalue weighted by molar-refractivity contribution is -0.0366. The molecule has 0 bridgehead atoms. The highest BCUT2D eigenvalue weighted by Gasteiger charge is 2.53. The predicted octanol–water partition coefficient (Wildman–Crippen LogP) is 7.50. The van der Waals surface area contributed by atoms with Crippen LogP contribution in [0.15, 0.2) is 48.7 Å². The molecule has 0 radical (unpaired) electrons. The van der Waals surface area contributed by atoms with E-state index in [1.54, 1.807) is 0 Å². The molecule has 0 amide bonds. The van der Waals surface area contributed by atoms with E-state index in [0.29, 0.717) is 6.42 Å². The van der Waals surface area contributed by atoms with Gasteiger partial charge in [0.05, 0.1) is 29.6 Å². The molecule has 3 fully saturated rings. The van der Waals surface area contributed by atoms with Crippen molar-refractivity contribution in [2.75, 3.05) is 32.9 Å². The van der Waals surface area contributed by atoms with Crippen LogP contribution >= 0.6 is 0 Å². The van der Waals surface area contributed by atoms with Gasteiger partial charge in [0, 0.05) is 31.6 Å². The number of benzene rings is 2. The second kappa shape index (κ2) is 13.0. The van der Waals surface area contributed by atoms with Gasteiger partial charge in [0.15, 0.2) is 6.23 Å². The molecule has 3 aliphatic heterocycles. The molecule has 44 heavy (non-hydrogen) atoms. The van der Waals surface area contributed by atoms with E-state index in [4.69, 9.17) is 23.9 Å². The molecule has 2 aromatic carbocycles. The Morgan fingerprint density at radius 1 is 1.02 bits per heavy atom. The van der Waals surface area contributed by atoms with E-state index in [2.05, 4.69) is 82.0 Å². The van der Waals surface area contributed by atoms with E-state index in [1.807, 2.05) is 10.9 Å². The van der Waals surface area contributed by atoms with Gasteiger partial charge in [-0.15, -0.1) is 0 Å². The minimum atomic E-state index is -0.520. The summed E-state index contributed by atoms with van der Waals surface area (Å²) in [6.45, 7) is 13.7. The van der Waals surface area contributed by atoms with Crippen LogP contribution in [0.4, 0.5) is 4.39 Å². The zero-order chi connectivity index (χ0) is 30.9. The highest BCUT2D eigenvalue weighted by molar-refractivity contribution is 6.71. The molecule has 0 N–H and O–H groups in total. The van der Waals surface area contributed by atoms with E-state index in [0.717, 1.165) is 91.6 Å². The quantitative estimate of drug-likeness (QED) is 0.177. The van der Waals surface area contributed by atoms with Crippen molar-refractivity contribution in [2.45, 2.75) is 96.7 Å². The Labute approximate surface area is 261 Å². The standard InChI is InChI=1S/C35H47BFN3O4/c1-6-30(25-11-14-28(15-12-25)42-29-17-20-39(24-29)19-9-18-37)33(36-43-34(2,3)35(4,5)44-36)26-13-16-31-27(22-26)23-38-40(31)32-10-7-8-21-41-32/h11-16,22-23,29,32H,6-10,17-21,24H2,1-5H3/b33-30-. The number of halogens is 1. The Morgan fingerprint density at radius 3 is 2.45 bits per heavy atom. The summed E-state index contributed by atoms with van der Waals surface area (Å²) in [5.41, 5.74) is 4.55. The highest BCUT2D eigenvalue weighted by atomic mass is 19.1. The second-order valence-electron chi connectivity index (χ2n) is 13.4. The van der Waals surface area contributed by atoms with Crippen molar-refractivity contribution in [3.63, 3.8) is 0 Å². The summed E-state index contributed by atoms with van der Waals surface area (Å²) in [7, 11) is -0.520. The molecule has 7 nitrogen and oxygen atoms in total. The Hall–Kier alpha value is -2.72. The van der Waals surface area contributed by atoms with Crippen LogP contribution in [0.5, 0.6) is 5.75 Å². The van der Waals surface area contributed by atoms with Gasteiger partial charge in [0.2, 0.25) is 0 Å². The molecule has 1 aromatic heterocycles. The number of fused-ring (bicyclic) bond motifs is 1. The first-order chi connectivity index (χ1) is 21.2. The van der Waals surface area contributed by atoms with E-state index < -0.39 is 18.3 Å². The second-order valence-corrected chi connectivity index (χ2v) is 13.4. The maximum atomic E-state index is 12.6. The molecule has 0 spiro atoms. The largest absolute Gasteiger partial charge is 0.495 e. The van der Waals surface area contributed by atoms with Crippen molar-refractivity contribution in [3.05, 3.63) is 59.8 Å². The van der Waals surface area contributed by atoms with Crippen molar-refractivity contribution in [1.29, 1.82) is 0 Å². The van der Waals surface area contributed by atoms with Gasteiger partial charge in [-0.3, -0.25) is 9.29 Å². The number of hydrogen-bond acceptors (Lipinski definition) is 6. The van der Waals surface area contributed by atoms with Gasteiger partial charge in [-0.2, -0.15) is 5.10 Å². The van der Waals surface area contributed by atoms with E-state index in [1.165, 1.54) is 5.57 Å². The fourth-order valence-electron chi connectivity index (χ4n) is 6.64. The highest BCUT2D eigenvalue weighted by Crippen LogP contribution is 2.44. The predicted molar refractivity (Wildman–Crippen MR) is 174 cm³/mol. The molecule has 3 aromatic rings. The van der Waals surface area contributed by atoms with Gasteiger partial charge < -0.3 is 18.8 Å². The Morgan fingerprint density at radius 2 is 1.77 bits per heavy atom. The third kappa shape index (κ3) is 6.34. The molecule has 3 saturated heterocycles. The summed E-state index contributed by atoms with van der Waals surface area (Å²) >= 11 is 0.